The lowest BCUT2D eigenvalue weighted by Gasteiger charge is -2.38. The molecule has 1 N–H and O–H groups in total. The number of amides is 1. The van der Waals surface area contributed by atoms with Crippen LogP contribution in [0.4, 0.5) is 0 Å². The molecule has 0 spiro atoms. The maximum absolute atomic E-state index is 12.0. The van der Waals surface area contributed by atoms with Crippen LogP contribution >= 0.6 is 0 Å². The third kappa shape index (κ3) is 4.43. The summed E-state index contributed by atoms with van der Waals surface area (Å²) in [6.45, 7) is 2.68. The first-order chi connectivity index (χ1) is 14.0. The van der Waals surface area contributed by atoms with Crippen molar-refractivity contribution in [3.05, 3.63) is 52.7 Å². The van der Waals surface area contributed by atoms with Crippen LogP contribution in [0.15, 0.2) is 41.6 Å². The summed E-state index contributed by atoms with van der Waals surface area (Å²) < 4.78 is 8.08. The fourth-order valence-corrected chi connectivity index (χ4v) is 4.68. The second-order valence-corrected chi connectivity index (χ2v) is 8.40. The number of rotatable bonds is 6. The first-order valence-electron chi connectivity index (χ1n) is 10.2. The van der Waals surface area contributed by atoms with Crippen LogP contribution in [0, 0.1) is 11.8 Å². The Hall–Kier alpha value is -2.45. The van der Waals surface area contributed by atoms with Crippen LogP contribution in [0.1, 0.15) is 24.4 Å². The Morgan fingerprint density at radius 1 is 1.28 bits per heavy atom. The van der Waals surface area contributed by atoms with Gasteiger partial charge in [0.15, 0.2) is 0 Å². The zero-order valence-electron chi connectivity index (χ0n) is 17.0. The summed E-state index contributed by atoms with van der Waals surface area (Å²) in [6.07, 6.45) is 7.26. The summed E-state index contributed by atoms with van der Waals surface area (Å²) >= 11 is 0. The molecule has 1 saturated heterocycles. The number of aromatic amines is 1. The number of likely N-dealkylation sites (tertiary alicyclic amines) is 1. The van der Waals surface area contributed by atoms with E-state index in [-0.39, 0.29) is 30.2 Å². The molecule has 2 aromatic rings. The summed E-state index contributed by atoms with van der Waals surface area (Å²) in [5.41, 5.74) is 0.791. The van der Waals surface area contributed by atoms with E-state index in [9.17, 15) is 9.59 Å². The van der Waals surface area contributed by atoms with Gasteiger partial charge in [0, 0.05) is 57.9 Å². The molecule has 0 aromatic carbocycles. The summed E-state index contributed by atoms with van der Waals surface area (Å²) in [5.74, 6) is 1.02. The molecule has 29 heavy (non-hydrogen) atoms. The van der Waals surface area contributed by atoms with E-state index in [1.54, 1.807) is 31.4 Å². The summed E-state index contributed by atoms with van der Waals surface area (Å²) in [7, 11) is 3.49. The quantitative estimate of drug-likeness (QED) is 0.787. The number of hydrogen-bond acceptors (Lipinski definition) is 5. The van der Waals surface area contributed by atoms with Gasteiger partial charge in [0.2, 0.25) is 5.91 Å². The second-order valence-electron chi connectivity index (χ2n) is 8.40. The second kappa shape index (κ2) is 8.51. The Bertz CT molecular complexity index is 878. The van der Waals surface area contributed by atoms with Crippen molar-refractivity contribution in [1.82, 2.24) is 24.6 Å². The highest BCUT2D eigenvalue weighted by molar-refractivity contribution is 5.76. The lowest BCUT2D eigenvalue weighted by atomic mass is 9.77. The molecule has 2 aromatic heterocycles. The number of carbonyl (C=O) groups is 1. The average molecular weight is 399 g/mol. The van der Waals surface area contributed by atoms with Gasteiger partial charge in [-0.05, 0) is 36.8 Å². The number of H-pyrrole nitrogens is 1. The minimum atomic E-state index is -0.0415. The molecule has 1 saturated carbocycles. The van der Waals surface area contributed by atoms with Gasteiger partial charge in [0.1, 0.15) is 6.61 Å². The van der Waals surface area contributed by atoms with E-state index in [0.29, 0.717) is 18.4 Å². The molecule has 0 bridgehead atoms. The number of nitrogens with zero attached hydrogens (tertiary/aromatic N) is 4. The van der Waals surface area contributed by atoms with Gasteiger partial charge in [0.25, 0.3) is 5.56 Å². The lowest BCUT2D eigenvalue weighted by Crippen LogP contribution is -2.40. The van der Waals surface area contributed by atoms with E-state index >= 15 is 0 Å². The Kier molecular flexibility index (Phi) is 5.82. The molecule has 2 fully saturated rings. The normalized spacial score (nSPS) is 27.0. The van der Waals surface area contributed by atoms with Gasteiger partial charge in [-0.2, -0.15) is 5.10 Å². The highest BCUT2D eigenvalue weighted by Gasteiger charge is 2.43. The third-order valence-corrected chi connectivity index (χ3v) is 6.24. The van der Waals surface area contributed by atoms with Gasteiger partial charge in [-0.1, -0.05) is 6.07 Å². The molecule has 1 aliphatic heterocycles. The maximum atomic E-state index is 12.0. The van der Waals surface area contributed by atoms with Crippen molar-refractivity contribution in [3.8, 4) is 0 Å². The van der Waals surface area contributed by atoms with Crippen molar-refractivity contribution in [2.75, 3.05) is 33.8 Å². The van der Waals surface area contributed by atoms with E-state index in [0.717, 1.165) is 31.5 Å². The maximum Gasteiger partial charge on any atom is 0.252 e. The molecule has 156 valence electrons. The zero-order valence-corrected chi connectivity index (χ0v) is 17.0. The summed E-state index contributed by atoms with van der Waals surface area (Å²) in [4.78, 5) is 30.7. The van der Waals surface area contributed by atoms with Crippen LogP contribution in [0.25, 0.3) is 0 Å². The number of aromatic nitrogens is 3. The van der Waals surface area contributed by atoms with Crippen LogP contribution in [0.3, 0.4) is 0 Å². The smallest absolute Gasteiger partial charge is 0.252 e. The van der Waals surface area contributed by atoms with Crippen molar-refractivity contribution >= 4 is 5.91 Å². The molecular formula is C21H29N5O3. The van der Waals surface area contributed by atoms with Crippen LogP contribution in [0.5, 0.6) is 0 Å². The molecule has 4 rings (SSSR count). The molecule has 2 aliphatic rings. The van der Waals surface area contributed by atoms with E-state index in [2.05, 4.69) is 15.0 Å². The van der Waals surface area contributed by atoms with Gasteiger partial charge < -0.3 is 14.6 Å². The number of likely N-dealkylation sites (N-methyl/N-ethyl adjacent to an activating group) is 1. The predicted molar refractivity (Wildman–Crippen MR) is 108 cm³/mol. The Morgan fingerprint density at radius 3 is 2.76 bits per heavy atom. The van der Waals surface area contributed by atoms with Gasteiger partial charge in [-0.3, -0.25) is 19.2 Å². The van der Waals surface area contributed by atoms with Gasteiger partial charge >= 0.3 is 0 Å². The van der Waals surface area contributed by atoms with E-state index in [1.807, 2.05) is 29.1 Å². The predicted octanol–water partition coefficient (Wildman–Crippen LogP) is 1.13. The summed E-state index contributed by atoms with van der Waals surface area (Å²) in [5, 5.41) is 4.45. The molecule has 1 aliphatic carbocycles. The molecule has 0 radical (unpaired) electrons. The summed E-state index contributed by atoms with van der Waals surface area (Å²) in [6, 6.07) is 5.82. The number of carbonyl (C=O) groups excluding carboxylic acids is 1. The largest absolute Gasteiger partial charge is 0.366 e. The minimum Gasteiger partial charge on any atom is -0.366 e. The SMILES string of the molecule is CN(C)C(=O)CO[C@H]1C[C@@H]2CN(Cc3ccc[nH]c3=O)C[C@@H]2C[C@@H]1n1cccn1. The standard InChI is InChI=1S/C21H29N5O3/c1-24(2)20(27)14-29-19-10-17-13-25(11-15-5-3-6-22-21(15)28)12-16(17)9-18(19)26-8-4-7-23-26/h3-8,16-19H,9-14H2,1-2H3,(H,22,28)/t16-,17+,18-,19-/m0/s1. The highest BCUT2D eigenvalue weighted by atomic mass is 16.5. The van der Waals surface area contributed by atoms with Crippen molar-refractivity contribution in [3.63, 3.8) is 0 Å². The monoisotopic (exact) mass is 399 g/mol. The Morgan fingerprint density at radius 2 is 2.07 bits per heavy atom. The molecule has 8 heteroatoms. The van der Waals surface area contributed by atoms with Gasteiger partial charge in [0.05, 0.1) is 12.1 Å². The van der Waals surface area contributed by atoms with Gasteiger partial charge in [-0.15, -0.1) is 0 Å². The van der Waals surface area contributed by atoms with Crippen LogP contribution < -0.4 is 5.56 Å². The van der Waals surface area contributed by atoms with Gasteiger partial charge in [-0.25, -0.2) is 0 Å². The fraction of sp³-hybridized carbons (Fsp3) is 0.571. The van der Waals surface area contributed by atoms with E-state index < -0.39 is 0 Å². The molecular weight excluding hydrogens is 370 g/mol. The number of pyridine rings is 1. The Balaban J connectivity index is 1.45. The number of ether oxygens (including phenoxy) is 1. The topological polar surface area (TPSA) is 83.5 Å². The highest BCUT2D eigenvalue weighted by Crippen LogP contribution is 2.42. The minimum absolute atomic E-state index is 0.0137. The van der Waals surface area contributed by atoms with E-state index in [1.165, 1.54) is 0 Å². The zero-order chi connectivity index (χ0) is 20.4. The van der Waals surface area contributed by atoms with Crippen molar-refractivity contribution in [2.45, 2.75) is 31.5 Å². The molecule has 4 atom stereocenters. The fourth-order valence-electron chi connectivity index (χ4n) is 4.68. The van der Waals surface area contributed by atoms with Crippen molar-refractivity contribution < 1.29 is 9.53 Å². The average Bonchev–Trinajstić information content (AvgIpc) is 3.36. The van der Waals surface area contributed by atoms with Crippen LogP contribution in [0.2, 0.25) is 0 Å². The molecule has 1 amide bonds. The third-order valence-electron chi connectivity index (χ3n) is 6.24. The first kappa shape index (κ1) is 19.8. The molecule has 8 nitrogen and oxygen atoms in total. The lowest BCUT2D eigenvalue weighted by molar-refractivity contribution is -0.138. The van der Waals surface area contributed by atoms with E-state index in [4.69, 9.17) is 4.74 Å². The first-order valence-corrected chi connectivity index (χ1v) is 10.2. The molecule has 3 heterocycles. The van der Waals surface area contributed by atoms with Crippen LogP contribution in [-0.4, -0.2) is 70.4 Å². The van der Waals surface area contributed by atoms with Crippen molar-refractivity contribution in [2.24, 2.45) is 11.8 Å². The molecule has 0 unspecified atom stereocenters. The number of hydrogen-bond donors (Lipinski definition) is 1. The Labute approximate surface area is 170 Å². The number of fused-ring (bicyclic) bond motifs is 1. The number of nitrogens with one attached hydrogen (secondary N) is 1. The van der Waals surface area contributed by atoms with Crippen molar-refractivity contribution in [1.29, 1.82) is 0 Å². The van der Waals surface area contributed by atoms with Crippen LogP contribution in [-0.2, 0) is 16.1 Å².